The molecule has 2 rings (SSSR count). The fourth-order valence-electron chi connectivity index (χ4n) is 2.42. The summed E-state index contributed by atoms with van der Waals surface area (Å²) in [6.45, 7) is 7.57. The van der Waals surface area contributed by atoms with Crippen LogP contribution in [0.25, 0.3) is 0 Å². The van der Waals surface area contributed by atoms with Gasteiger partial charge in [-0.3, -0.25) is 0 Å². The van der Waals surface area contributed by atoms with E-state index in [1.54, 1.807) is 13.1 Å². The van der Waals surface area contributed by atoms with Crippen molar-refractivity contribution >= 4 is 5.82 Å². The molecule has 4 heteroatoms. The Morgan fingerprint density at radius 3 is 3.06 bits per heavy atom. The number of aromatic nitrogens is 1. The minimum atomic E-state index is -0.496. The summed E-state index contributed by atoms with van der Waals surface area (Å²) in [4.78, 5) is 6.74. The van der Waals surface area contributed by atoms with Crippen molar-refractivity contribution in [2.75, 3.05) is 18.1 Å². The van der Waals surface area contributed by atoms with Gasteiger partial charge in [-0.2, -0.15) is 0 Å². The Kier molecular flexibility index (Phi) is 4.19. The largest absolute Gasteiger partial charge is 0.389 e. The molecule has 1 aromatic heterocycles. The molecule has 1 saturated heterocycles. The van der Waals surface area contributed by atoms with Crippen LogP contribution in [-0.4, -0.2) is 35.4 Å². The molecule has 4 nitrogen and oxygen atoms in total. The lowest BCUT2D eigenvalue weighted by Gasteiger charge is -2.40. The van der Waals surface area contributed by atoms with Crippen LogP contribution in [0.2, 0.25) is 0 Å². The SMILES string of the molecule is CCC1COC(C)CN1c1ncccc1C(C)O. The quantitative estimate of drug-likeness (QED) is 0.892. The minimum Gasteiger partial charge on any atom is -0.389 e. The van der Waals surface area contributed by atoms with Crippen molar-refractivity contribution in [3.63, 3.8) is 0 Å². The van der Waals surface area contributed by atoms with E-state index in [2.05, 4.69) is 23.7 Å². The smallest absolute Gasteiger partial charge is 0.134 e. The number of nitrogens with zero attached hydrogens (tertiary/aromatic N) is 2. The predicted molar refractivity (Wildman–Crippen MR) is 71.7 cm³/mol. The fraction of sp³-hybridized carbons (Fsp3) is 0.643. The summed E-state index contributed by atoms with van der Waals surface area (Å²) in [6, 6.07) is 4.16. The van der Waals surface area contributed by atoms with E-state index in [0.29, 0.717) is 6.04 Å². The van der Waals surface area contributed by atoms with E-state index in [9.17, 15) is 5.11 Å². The van der Waals surface area contributed by atoms with E-state index >= 15 is 0 Å². The molecule has 0 amide bonds. The van der Waals surface area contributed by atoms with Crippen LogP contribution in [0.4, 0.5) is 5.82 Å². The highest BCUT2D eigenvalue weighted by atomic mass is 16.5. The Labute approximate surface area is 109 Å². The van der Waals surface area contributed by atoms with Crippen LogP contribution in [-0.2, 0) is 4.74 Å². The third-order valence-corrected chi connectivity index (χ3v) is 3.48. The van der Waals surface area contributed by atoms with Gasteiger partial charge in [-0.15, -0.1) is 0 Å². The van der Waals surface area contributed by atoms with Crippen molar-refractivity contribution in [2.24, 2.45) is 0 Å². The van der Waals surface area contributed by atoms with Gasteiger partial charge in [0, 0.05) is 18.3 Å². The molecule has 1 aromatic rings. The summed E-state index contributed by atoms with van der Waals surface area (Å²) in [5.74, 6) is 0.898. The molecular formula is C14H22N2O2. The Hall–Kier alpha value is -1.13. The summed E-state index contributed by atoms with van der Waals surface area (Å²) >= 11 is 0. The van der Waals surface area contributed by atoms with E-state index in [4.69, 9.17) is 4.74 Å². The Morgan fingerprint density at radius 2 is 2.39 bits per heavy atom. The topological polar surface area (TPSA) is 45.6 Å². The predicted octanol–water partition coefficient (Wildman–Crippen LogP) is 2.14. The Balaban J connectivity index is 2.33. The molecule has 0 saturated carbocycles. The van der Waals surface area contributed by atoms with Crippen molar-refractivity contribution in [1.82, 2.24) is 4.98 Å². The summed E-state index contributed by atoms with van der Waals surface area (Å²) in [7, 11) is 0. The number of morpholine rings is 1. The maximum absolute atomic E-state index is 9.86. The zero-order valence-electron chi connectivity index (χ0n) is 11.3. The molecule has 0 aromatic carbocycles. The first-order valence-corrected chi connectivity index (χ1v) is 6.64. The Morgan fingerprint density at radius 1 is 1.61 bits per heavy atom. The average Bonchev–Trinajstić information content (AvgIpc) is 2.38. The molecule has 1 aliphatic rings. The van der Waals surface area contributed by atoms with Crippen molar-refractivity contribution in [1.29, 1.82) is 0 Å². The molecule has 0 bridgehead atoms. The molecule has 0 spiro atoms. The molecule has 1 fully saturated rings. The molecule has 2 heterocycles. The Bertz CT molecular complexity index is 395. The maximum atomic E-state index is 9.86. The maximum Gasteiger partial charge on any atom is 0.134 e. The first-order chi connectivity index (χ1) is 8.63. The van der Waals surface area contributed by atoms with Crippen LogP contribution in [0.5, 0.6) is 0 Å². The summed E-state index contributed by atoms with van der Waals surface area (Å²) < 4.78 is 5.70. The van der Waals surface area contributed by atoms with Gasteiger partial charge in [0.15, 0.2) is 0 Å². The first-order valence-electron chi connectivity index (χ1n) is 6.64. The van der Waals surface area contributed by atoms with E-state index in [-0.39, 0.29) is 6.10 Å². The second-order valence-electron chi connectivity index (χ2n) is 4.95. The minimum absolute atomic E-state index is 0.205. The van der Waals surface area contributed by atoms with Gasteiger partial charge in [0.1, 0.15) is 5.82 Å². The number of rotatable bonds is 3. The standard InChI is InChI=1S/C14H22N2O2/c1-4-12-9-18-10(2)8-16(12)14-13(11(3)17)6-5-7-15-14/h5-7,10-12,17H,4,8-9H2,1-3H3. The highest BCUT2D eigenvalue weighted by Crippen LogP contribution is 2.28. The van der Waals surface area contributed by atoms with Gasteiger partial charge in [-0.1, -0.05) is 13.0 Å². The van der Waals surface area contributed by atoms with E-state index in [1.165, 1.54) is 0 Å². The van der Waals surface area contributed by atoms with Crippen LogP contribution < -0.4 is 4.90 Å². The van der Waals surface area contributed by atoms with Crippen molar-refractivity contribution in [2.45, 2.75) is 45.4 Å². The van der Waals surface area contributed by atoms with E-state index < -0.39 is 6.10 Å². The molecule has 1 aliphatic heterocycles. The summed E-state index contributed by atoms with van der Waals surface area (Å²) in [5, 5.41) is 9.86. The first kappa shape index (κ1) is 13.3. The second-order valence-corrected chi connectivity index (χ2v) is 4.95. The molecule has 100 valence electrons. The van der Waals surface area contributed by atoms with Gasteiger partial charge < -0.3 is 14.7 Å². The molecular weight excluding hydrogens is 228 g/mol. The van der Waals surface area contributed by atoms with Gasteiger partial charge in [0.2, 0.25) is 0 Å². The van der Waals surface area contributed by atoms with Crippen LogP contribution in [0, 0.1) is 0 Å². The molecule has 3 unspecified atom stereocenters. The van der Waals surface area contributed by atoms with Crippen LogP contribution in [0.15, 0.2) is 18.3 Å². The number of pyridine rings is 1. The fourth-order valence-corrected chi connectivity index (χ4v) is 2.42. The molecule has 18 heavy (non-hydrogen) atoms. The number of ether oxygens (including phenoxy) is 1. The van der Waals surface area contributed by atoms with E-state index in [0.717, 1.165) is 31.0 Å². The molecule has 1 N–H and O–H groups in total. The highest BCUT2D eigenvalue weighted by molar-refractivity contribution is 5.49. The summed E-state index contributed by atoms with van der Waals surface area (Å²) in [6.07, 6.45) is 2.51. The summed E-state index contributed by atoms with van der Waals surface area (Å²) in [5.41, 5.74) is 0.894. The van der Waals surface area contributed by atoms with Crippen LogP contribution in [0.3, 0.4) is 0 Å². The molecule has 0 radical (unpaired) electrons. The zero-order chi connectivity index (χ0) is 13.1. The number of hydrogen-bond donors (Lipinski definition) is 1. The van der Waals surface area contributed by atoms with Gasteiger partial charge >= 0.3 is 0 Å². The normalized spacial score (nSPS) is 26.1. The van der Waals surface area contributed by atoms with E-state index in [1.807, 2.05) is 12.1 Å². The van der Waals surface area contributed by atoms with Crippen molar-refractivity contribution < 1.29 is 9.84 Å². The van der Waals surface area contributed by atoms with Crippen molar-refractivity contribution in [3.8, 4) is 0 Å². The third-order valence-electron chi connectivity index (χ3n) is 3.48. The zero-order valence-corrected chi connectivity index (χ0v) is 11.3. The number of hydrogen-bond acceptors (Lipinski definition) is 4. The molecule has 3 atom stereocenters. The van der Waals surface area contributed by atoms with Gasteiger partial charge in [0.25, 0.3) is 0 Å². The monoisotopic (exact) mass is 250 g/mol. The number of anilines is 1. The lowest BCUT2D eigenvalue weighted by molar-refractivity contribution is 0.0293. The van der Waals surface area contributed by atoms with Crippen LogP contribution >= 0.6 is 0 Å². The highest BCUT2D eigenvalue weighted by Gasteiger charge is 2.28. The van der Waals surface area contributed by atoms with Gasteiger partial charge in [-0.25, -0.2) is 4.98 Å². The number of aliphatic hydroxyl groups is 1. The average molecular weight is 250 g/mol. The van der Waals surface area contributed by atoms with Gasteiger partial charge in [0.05, 0.1) is 24.9 Å². The number of aliphatic hydroxyl groups excluding tert-OH is 1. The lowest BCUT2D eigenvalue weighted by atomic mass is 10.1. The lowest BCUT2D eigenvalue weighted by Crippen LogP contribution is -2.49. The second kappa shape index (κ2) is 5.67. The molecule has 0 aliphatic carbocycles. The van der Waals surface area contributed by atoms with Crippen LogP contribution in [0.1, 0.15) is 38.9 Å². The van der Waals surface area contributed by atoms with Crippen molar-refractivity contribution in [3.05, 3.63) is 23.9 Å². The third kappa shape index (κ3) is 2.65. The van der Waals surface area contributed by atoms with Gasteiger partial charge in [-0.05, 0) is 26.3 Å².